The van der Waals surface area contributed by atoms with Gasteiger partial charge in [0.25, 0.3) is 0 Å². The number of aliphatic carboxylic acids is 1. The highest BCUT2D eigenvalue weighted by Crippen LogP contribution is 2.45. The lowest BCUT2D eigenvalue weighted by atomic mass is 10.0. The normalized spacial score (nSPS) is 13.2. The highest BCUT2D eigenvalue weighted by molar-refractivity contribution is 7.98. The Morgan fingerprint density at radius 1 is 1.20 bits per heavy atom. The predicted octanol–water partition coefficient (Wildman–Crippen LogP) is 5.86. The number of aromatic nitrogens is 1. The number of hydrogen-bond acceptors (Lipinski definition) is 7. The molecule has 0 radical (unpaired) electrons. The Labute approximate surface area is 245 Å². The van der Waals surface area contributed by atoms with Crippen molar-refractivity contribution in [2.45, 2.75) is 19.4 Å². The van der Waals surface area contributed by atoms with Gasteiger partial charge in [-0.3, -0.25) is 14.6 Å². The van der Waals surface area contributed by atoms with Gasteiger partial charge in [-0.05, 0) is 55.7 Å². The molecule has 2 heterocycles. The number of urea groups is 1. The van der Waals surface area contributed by atoms with Crippen molar-refractivity contribution >= 4 is 58.2 Å². The number of nitrogens with one attached hydrogen (secondary N) is 2. The molecule has 0 bridgehead atoms. The number of pyridine rings is 1. The van der Waals surface area contributed by atoms with Gasteiger partial charge in [0.2, 0.25) is 0 Å². The summed E-state index contributed by atoms with van der Waals surface area (Å²) in [5.74, 6) is -2.06. The Morgan fingerprint density at radius 2 is 1.93 bits per heavy atom. The molecule has 3 aromatic rings. The topological polar surface area (TPSA) is 122 Å². The van der Waals surface area contributed by atoms with Crippen LogP contribution in [0.2, 0.25) is 5.02 Å². The van der Waals surface area contributed by atoms with E-state index < -0.39 is 35.4 Å². The monoisotopic (exact) mass is 600 g/mol. The van der Waals surface area contributed by atoms with Gasteiger partial charge in [0, 0.05) is 42.6 Å². The summed E-state index contributed by atoms with van der Waals surface area (Å²) in [5.41, 5.74) is 0.669. The summed E-state index contributed by atoms with van der Waals surface area (Å²) in [6, 6.07) is 8.76. The number of rotatable bonds is 11. The Hall–Kier alpha value is -3.92. The highest BCUT2D eigenvalue weighted by atomic mass is 35.5. The van der Waals surface area contributed by atoms with Gasteiger partial charge in [0.1, 0.15) is 17.5 Å². The van der Waals surface area contributed by atoms with E-state index in [0.29, 0.717) is 28.3 Å². The molecule has 2 aromatic carbocycles. The van der Waals surface area contributed by atoms with Crippen molar-refractivity contribution in [3.63, 3.8) is 0 Å². The van der Waals surface area contributed by atoms with Crippen LogP contribution in [-0.4, -0.2) is 59.8 Å². The number of thioether (sulfide) groups is 1. The molecule has 0 spiro atoms. The zero-order chi connectivity index (χ0) is 29.7. The number of fused-ring (bicyclic) bond motifs is 3. The van der Waals surface area contributed by atoms with Crippen LogP contribution in [0.3, 0.4) is 0 Å². The molecule has 1 aliphatic heterocycles. The summed E-state index contributed by atoms with van der Waals surface area (Å²) < 4.78 is 31.4. The third-order valence-electron chi connectivity index (χ3n) is 6.48. The third-order valence-corrected chi connectivity index (χ3v) is 7.33. The molecular weight excluding hydrogens is 574 g/mol. The Kier molecular flexibility index (Phi) is 9.65. The number of carbonyl (C=O) groups excluding carboxylic acids is 1. The first kappa shape index (κ1) is 30.0. The van der Waals surface area contributed by atoms with Crippen LogP contribution >= 0.6 is 23.4 Å². The fourth-order valence-electron chi connectivity index (χ4n) is 4.56. The molecule has 3 N–H and O–H groups in total. The van der Waals surface area contributed by atoms with Gasteiger partial charge in [-0.2, -0.15) is 17.0 Å². The molecule has 0 saturated heterocycles. The standard InChI is InChI=1S/C28H27ClF2N6O3S/c1-3-36-26-20(11-17(29)15-35-26)19-5-4-16(14-32)10-24(19)37(28(36)40)25-21(30)12-18(13-22(25)31)33-7-8-34-23(27(38)39)6-9-41-2/h4-5,10-13,15,23,33-34H,3,6-9H2,1-2H3,(H,38,39)/t23-/m0/s1. The van der Waals surface area contributed by atoms with Crippen molar-refractivity contribution in [1.29, 1.82) is 5.26 Å². The maximum atomic E-state index is 15.7. The van der Waals surface area contributed by atoms with Gasteiger partial charge in [0.15, 0.2) is 11.6 Å². The van der Waals surface area contributed by atoms with E-state index in [1.165, 1.54) is 35.0 Å². The second kappa shape index (κ2) is 13.2. The Morgan fingerprint density at radius 3 is 2.56 bits per heavy atom. The van der Waals surface area contributed by atoms with Crippen molar-refractivity contribution in [2.24, 2.45) is 0 Å². The molecule has 13 heteroatoms. The van der Waals surface area contributed by atoms with Crippen molar-refractivity contribution in [3.05, 3.63) is 64.8 Å². The smallest absolute Gasteiger partial charge is 0.334 e. The molecule has 0 saturated carbocycles. The first-order valence-corrected chi connectivity index (χ1v) is 14.5. The minimum absolute atomic E-state index is 0.1000. The van der Waals surface area contributed by atoms with Crippen LogP contribution in [0, 0.1) is 23.0 Å². The van der Waals surface area contributed by atoms with E-state index in [1.807, 2.05) is 12.3 Å². The third kappa shape index (κ3) is 6.37. The van der Waals surface area contributed by atoms with Crippen LogP contribution in [0.1, 0.15) is 18.9 Å². The zero-order valence-corrected chi connectivity index (χ0v) is 23.8. The molecule has 41 heavy (non-hydrogen) atoms. The molecular formula is C28H27ClF2N6O3S. The van der Waals surface area contributed by atoms with Crippen molar-refractivity contribution in [2.75, 3.05) is 46.8 Å². The van der Waals surface area contributed by atoms with E-state index in [0.717, 1.165) is 17.0 Å². The number of hydrogen-bond donors (Lipinski definition) is 3. The van der Waals surface area contributed by atoms with E-state index in [1.54, 1.807) is 19.1 Å². The van der Waals surface area contributed by atoms with Crippen molar-refractivity contribution in [3.8, 4) is 17.2 Å². The SMILES string of the molecule is CCN1C(=O)N(c2c(F)cc(NCCN[C@@H](CCSC)C(=O)O)cc2F)c2cc(C#N)ccc2-c2cc(Cl)cnc21. The van der Waals surface area contributed by atoms with Crippen LogP contribution in [0.5, 0.6) is 0 Å². The van der Waals surface area contributed by atoms with E-state index in [2.05, 4.69) is 15.6 Å². The Bertz CT molecular complexity index is 1500. The molecule has 0 aliphatic carbocycles. The average molecular weight is 601 g/mol. The van der Waals surface area contributed by atoms with Crippen LogP contribution in [0.4, 0.5) is 36.5 Å². The molecule has 0 fully saturated rings. The van der Waals surface area contributed by atoms with Gasteiger partial charge >= 0.3 is 12.0 Å². The lowest BCUT2D eigenvalue weighted by Crippen LogP contribution is -2.41. The lowest BCUT2D eigenvalue weighted by Gasteiger charge is -2.28. The molecule has 0 unspecified atom stereocenters. The first-order valence-electron chi connectivity index (χ1n) is 12.7. The number of nitriles is 1. The van der Waals surface area contributed by atoms with Crippen LogP contribution in [0.25, 0.3) is 11.1 Å². The summed E-state index contributed by atoms with van der Waals surface area (Å²) >= 11 is 7.76. The van der Waals surface area contributed by atoms with Gasteiger partial charge in [-0.1, -0.05) is 17.7 Å². The van der Waals surface area contributed by atoms with Gasteiger partial charge in [-0.25, -0.2) is 18.6 Å². The van der Waals surface area contributed by atoms with Crippen LogP contribution in [0.15, 0.2) is 42.6 Å². The Balaban J connectivity index is 1.69. The van der Waals surface area contributed by atoms with E-state index in [9.17, 15) is 20.0 Å². The van der Waals surface area contributed by atoms with Gasteiger partial charge in [-0.15, -0.1) is 0 Å². The predicted molar refractivity (Wildman–Crippen MR) is 157 cm³/mol. The van der Waals surface area contributed by atoms with E-state index >= 15 is 8.78 Å². The number of benzene rings is 2. The number of amides is 2. The summed E-state index contributed by atoms with van der Waals surface area (Å²) in [7, 11) is 0. The maximum absolute atomic E-state index is 15.7. The fourth-order valence-corrected chi connectivity index (χ4v) is 5.19. The number of nitrogens with zero attached hydrogens (tertiary/aromatic N) is 4. The fraction of sp³-hybridized carbons (Fsp3) is 0.286. The number of carboxylic acids is 1. The van der Waals surface area contributed by atoms with E-state index in [4.69, 9.17) is 11.6 Å². The van der Waals surface area contributed by atoms with Crippen molar-refractivity contribution < 1.29 is 23.5 Å². The molecule has 214 valence electrons. The highest BCUT2D eigenvalue weighted by Gasteiger charge is 2.36. The number of halogens is 3. The quantitative estimate of drug-likeness (QED) is 0.234. The summed E-state index contributed by atoms with van der Waals surface area (Å²) in [6.45, 7) is 2.28. The minimum Gasteiger partial charge on any atom is -0.480 e. The summed E-state index contributed by atoms with van der Waals surface area (Å²) in [6.07, 6.45) is 3.71. The molecule has 1 atom stereocenters. The van der Waals surface area contributed by atoms with Crippen LogP contribution < -0.4 is 20.4 Å². The lowest BCUT2D eigenvalue weighted by molar-refractivity contribution is -0.139. The van der Waals surface area contributed by atoms with E-state index in [-0.39, 0.29) is 42.4 Å². The molecule has 4 rings (SSSR count). The number of carboxylic acid groups (broad SMARTS) is 1. The summed E-state index contributed by atoms with van der Waals surface area (Å²) in [5, 5.41) is 25.0. The number of carbonyl (C=O) groups is 2. The minimum atomic E-state index is -1.02. The molecule has 1 aliphatic rings. The molecule has 1 aromatic heterocycles. The second-order valence-corrected chi connectivity index (χ2v) is 10.5. The van der Waals surface area contributed by atoms with Crippen LogP contribution in [-0.2, 0) is 4.79 Å². The van der Waals surface area contributed by atoms with Crippen molar-refractivity contribution in [1.82, 2.24) is 10.3 Å². The van der Waals surface area contributed by atoms with Gasteiger partial charge < -0.3 is 15.7 Å². The average Bonchev–Trinajstić information content (AvgIpc) is 3.04. The molecule has 9 nitrogen and oxygen atoms in total. The number of anilines is 4. The zero-order valence-electron chi connectivity index (χ0n) is 22.2. The largest absolute Gasteiger partial charge is 0.480 e. The summed E-state index contributed by atoms with van der Waals surface area (Å²) in [4.78, 5) is 31.8. The second-order valence-electron chi connectivity index (χ2n) is 9.07. The maximum Gasteiger partial charge on any atom is 0.334 e. The first-order chi connectivity index (χ1) is 19.7. The van der Waals surface area contributed by atoms with Gasteiger partial charge in [0.05, 0.1) is 22.3 Å². The molecule has 2 amide bonds.